The van der Waals surface area contributed by atoms with E-state index < -0.39 is 0 Å². The van der Waals surface area contributed by atoms with Crippen molar-refractivity contribution < 1.29 is 0 Å². The Morgan fingerprint density at radius 2 is 1.90 bits per heavy atom. The molecule has 2 aromatic carbocycles. The second kappa shape index (κ2) is 4.17. The predicted octanol–water partition coefficient (Wildman–Crippen LogP) is 3.86. The monoisotopic (exact) mass is 259 g/mol. The Bertz CT molecular complexity index is 922. The molecule has 0 aliphatic carbocycles. The molecule has 2 heterocycles. The first-order chi connectivity index (χ1) is 9.83. The van der Waals surface area contributed by atoms with Crippen molar-refractivity contribution in [2.75, 3.05) is 0 Å². The van der Waals surface area contributed by atoms with Gasteiger partial charge in [0.25, 0.3) is 0 Å². The van der Waals surface area contributed by atoms with E-state index in [4.69, 9.17) is 4.98 Å². The van der Waals surface area contributed by atoms with Gasteiger partial charge in [0.1, 0.15) is 5.69 Å². The van der Waals surface area contributed by atoms with E-state index >= 15 is 0 Å². The Morgan fingerprint density at radius 1 is 1.00 bits per heavy atom. The Morgan fingerprint density at radius 3 is 2.80 bits per heavy atom. The molecule has 0 fully saturated rings. The van der Waals surface area contributed by atoms with Crippen molar-refractivity contribution in [3.63, 3.8) is 0 Å². The van der Waals surface area contributed by atoms with Crippen LogP contribution in [0.15, 0.2) is 60.9 Å². The molecule has 0 aliphatic rings. The lowest BCUT2D eigenvalue weighted by Gasteiger charge is -2.08. The SMILES string of the molecule is Cc1cccc(-c2nc3ccccc3n3ccnc23)c1. The molecule has 0 saturated heterocycles. The predicted molar refractivity (Wildman–Crippen MR) is 80.7 cm³/mol. The second-order valence-electron chi connectivity index (χ2n) is 4.94. The van der Waals surface area contributed by atoms with Gasteiger partial charge >= 0.3 is 0 Å². The van der Waals surface area contributed by atoms with Gasteiger partial charge in [0.15, 0.2) is 5.65 Å². The normalized spacial score (nSPS) is 11.2. The van der Waals surface area contributed by atoms with Crippen LogP contribution in [0.1, 0.15) is 5.56 Å². The number of para-hydroxylation sites is 2. The summed E-state index contributed by atoms with van der Waals surface area (Å²) in [5.41, 5.74) is 6.21. The third-order valence-corrected chi connectivity index (χ3v) is 3.52. The number of imidazole rings is 1. The molecule has 3 heteroatoms. The molecule has 0 atom stereocenters. The van der Waals surface area contributed by atoms with Crippen LogP contribution >= 0.6 is 0 Å². The second-order valence-corrected chi connectivity index (χ2v) is 4.94. The summed E-state index contributed by atoms with van der Waals surface area (Å²) in [7, 11) is 0. The first kappa shape index (κ1) is 11.2. The molecule has 0 amide bonds. The highest BCUT2D eigenvalue weighted by molar-refractivity contribution is 5.85. The van der Waals surface area contributed by atoms with Crippen LogP contribution in [-0.4, -0.2) is 14.4 Å². The molecule has 96 valence electrons. The van der Waals surface area contributed by atoms with E-state index in [9.17, 15) is 0 Å². The fourth-order valence-electron chi connectivity index (χ4n) is 2.59. The summed E-state index contributed by atoms with van der Waals surface area (Å²) in [6, 6.07) is 16.5. The van der Waals surface area contributed by atoms with Gasteiger partial charge in [-0.1, -0.05) is 35.9 Å². The first-order valence-corrected chi connectivity index (χ1v) is 6.62. The van der Waals surface area contributed by atoms with E-state index in [0.29, 0.717) is 0 Å². The molecule has 0 N–H and O–H groups in total. The Kier molecular flexibility index (Phi) is 2.33. The average Bonchev–Trinajstić information content (AvgIpc) is 2.96. The van der Waals surface area contributed by atoms with Gasteiger partial charge < -0.3 is 0 Å². The number of aromatic nitrogens is 3. The van der Waals surface area contributed by atoms with E-state index in [0.717, 1.165) is 27.9 Å². The van der Waals surface area contributed by atoms with Crippen molar-refractivity contribution in [3.05, 3.63) is 66.5 Å². The quantitative estimate of drug-likeness (QED) is 0.519. The van der Waals surface area contributed by atoms with E-state index in [1.807, 2.05) is 30.6 Å². The Hall–Kier alpha value is -2.68. The standard InChI is InChI=1S/C17H13N3/c1-12-5-4-6-13(11-12)16-17-18-9-10-20(17)15-8-3-2-7-14(15)19-16/h2-11H,1H3. The highest BCUT2D eigenvalue weighted by Crippen LogP contribution is 2.26. The molecule has 2 aromatic heterocycles. The molecule has 20 heavy (non-hydrogen) atoms. The van der Waals surface area contributed by atoms with Crippen LogP contribution in [0.4, 0.5) is 0 Å². The Labute approximate surface area is 116 Å². The van der Waals surface area contributed by atoms with Gasteiger partial charge in [-0.3, -0.25) is 4.40 Å². The number of aryl methyl sites for hydroxylation is 1. The van der Waals surface area contributed by atoms with Gasteiger partial charge in [0.2, 0.25) is 0 Å². The molecule has 0 spiro atoms. The third kappa shape index (κ3) is 1.60. The highest BCUT2D eigenvalue weighted by Gasteiger charge is 2.10. The molecular formula is C17H13N3. The number of hydrogen-bond acceptors (Lipinski definition) is 2. The maximum absolute atomic E-state index is 4.80. The van der Waals surface area contributed by atoms with Gasteiger partial charge in [-0.05, 0) is 25.1 Å². The summed E-state index contributed by atoms with van der Waals surface area (Å²) < 4.78 is 2.10. The van der Waals surface area contributed by atoms with E-state index in [1.54, 1.807) is 0 Å². The van der Waals surface area contributed by atoms with Gasteiger partial charge in [-0.15, -0.1) is 0 Å². The van der Waals surface area contributed by atoms with Crippen molar-refractivity contribution >= 4 is 16.7 Å². The average molecular weight is 259 g/mol. The van der Waals surface area contributed by atoms with Crippen LogP contribution in [0.3, 0.4) is 0 Å². The van der Waals surface area contributed by atoms with Gasteiger partial charge in [-0.2, -0.15) is 0 Å². The zero-order valence-corrected chi connectivity index (χ0v) is 11.1. The van der Waals surface area contributed by atoms with Gasteiger partial charge in [-0.25, -0.2) is 9.97 Å². The lowest BCUT2D eigenvalue weighted by Crippen LogP contribution is -1.95. The molecule has 0 radical (unpaired) electrons. The van der Waals surface area contributed by atoms with Crippen LogP contribution in [0.25, 0.3) is 27.9 Å². The fourth-order valence-corrected chi connectivity index (χ4v) is 2.59. The van der Waals surface area contributed by atoms with Crippen LogP contribution < -0.4 is 0 Å². The molecular weight excluding hydrogens is 246 g/mol. The fraction of sp³-hybridized carbons (Fsp3) is 0.0588. The molecule has 0 saturated carbocycles. The summed E-state index contributed by atoms with van der Waals surface area (Å²) >= 11 is 0. The molecule has 3 nitrogen and oxygen atoms in total. The zero-order valence-electron chi connectivity index (χ0n) is 11.1. The van der Waals surface area contributed by atoms with Crippen molar-refractivity contribution in [2.24, 2.45) is 0 Å². The van der Waals surface area contributed by atoms with Crippen molar-refractivity contribution in [1.29, 1.82) is 0 Å². The third-order valence-electron chi connectivity index (χ3n) is 3.52. The maximum atomic E-state index is 4.80. The lowest BCUT2D eigenvalue weighted by molar-refractivity contribution is 1.21. The summed E-state index contributed by atoms with van der Waals surface area (Å²) in [6.07, 6.45) is 3.81. The summed E-state index contributed by atoms with van der Waals surface area (Å²) in [5, 5.41) is 0. The number of benzene rings is 2. The number of nitrogens with zero attached hydrogens (tertiary/aromatic N) is 3. The number of fused-ring (bicyclic) bond motifs is 3. The summed E-state index contributed by atoms with van der Waals surface area (Å²) in [4.78, 5) is 9.28. The Balaban J connectivity index is 2.14. The van der Waals surface area contributed by atoms with E-state index in [1.165, 1.54) is 5.56 Å². The van der Waals surface area contributed by atoms with Gasteiger partial charge in [0.05, 0.1) is 11.0 Å². The van der Waals surface area contributed by atoms with Crippen molar-refractivity contribution in [2.45, 2.75) is 6.92 Å². The largest absolute Gasteiger partial charge is 0.296 e. The topological polar surface area (TPSA) is 30.2 Å². The highest BCUT2D eigenvalue weighted by atomic mass is 15.0. The summed E-state index contributed by atoms with van der Waals surface area (Å²) in [5.74, 6) is 0. The van der Waals surface area contributed by atoms with E-state index in [2.05, 4.69) is 46.6 Å². The van der Waals surface area contributed by atoms with Crippen LogP contribution in [0.2, 0.25) is 0 Å². The van der Waals surface area contributed by atoms with E-state index in [-0.39, 0.29) is 0 Å². The number of hydrogen-bond donors (Lipinski definition) is 0. The van der Waals surface area contributed by atoms with Crippen LogP contribution in [-0.2, 0) is 0 Å². The number of rotatable bonds is 1. The molecule has 4 aromatic rings. The molecule has 4 rings (SSSR count). The minimum absolute atomic E-state index is 0.898. The van der Waals surface area contributed by atoms with Gasteiger partial charge in [0, 0.05) is 18.0 Å². The minimum Gasteiger partial charge on any atom is -0.296 e. The summed E-state index contributed by atoms with van der Waals surface area (Å²) in [6.45, 7) is 2.09. The maximum Gasteiger partial charge on any atom is 0.163 e. The molecule has 0 aliphatic heterocycles. The molecule has 0 unspecified atom stereocenters. The van der Waals surface area contributed by atoms with Crippen molar-refractivity contribution in [1.82, 2.24) is 14.4 Å². The lowest BCUT2D eigenvalue weighted by atomic mass is 10.1. The smallest absolute Gasteiger partial charge is 0.163 e. The van der Waals surface area contributed by atoms with Crippen molar-refractivity contribution in [3.8, 4) is 11.3 Å². The zero-order chi connectivity index (χ0) is 13.5. The van der Waals surface area contributed by atoms with Crippen LogP contribution in [0.5, 0.6) is 0 Å². The minimum atomic E-state index is 0.898. The van der Waals surface area contributed by atoms with Crippen LogP contribution in [0, 0.1) is 6.92 Å². The first-order valence-electron chi connectivity index (χ1n) is 6.62. The molecule has 0 bridgehead atoms.